The standard InChI is InChI=1S/C19H17F3N4O/c20-19(21,22)16-8-6-14(7-9-16)10-18(27)25-17(11-26-13-23-12-24-26)15-4-2-1-3-5-15/h1-9,12-13,17H,10-11H2,(H,25,27)/t17-/m0/s1. The molecule has 27 heavy (non-hydrogen) atoms. The molecule has 0 bridgehead atoms. The molecule has 3 aromatic rings. The summed E-state index contributed by atoms with van der Waals surface area (Å²) >= 11 is 0. The van der Waals surface area contributed by atoms with E-state index in [1.807, 2.05) is 30.3 Å². The fourth-order valence-corrected chi connectivity index (χ4v) is 2.68. The van der Waals surface area contributed by atoms with E-state index in [1.54, 1.807) is 11.0 Å². The van der Waals surface area contributed by atoms with Gasteiger partial charge in [0.2, 0.25) is 5.91 Å². The number of hydrogen-bond donors (Lipinski definition) is 1. The van der Waals surface area contributed by atoms with E-state index in [-0.39, 0.29) is 18.4 Å². The summed E-state index contributed by atoms with van der Waals surface area (Å²) in [5.74, 6) is -0.288. The summed E-state index contributed by atoms with van der Waals surface area (Å²) in [7, 11) is 0. The van der Waals surface area contributed by atoms with E-state index in [4.69, 9.17) is 0 Å². The van der Waals surface area contributed by atoms with Gasteiger partial charge in [-0.3, -0.25) is 9.48 Å². The van der Waals surface area contributed by atoms with Crippen LogP contribution in [0.4, 0.5) is 13.2 Å². The van der Waals surface area contributed by atoms with E-state index in [9.17, 15) is 18.0 Å². The Hall–Kier alpha value is -3.16. The van der Waals surface area contributed by atoms with Crippen molar-refractivity contribution in [2.45, 2.75) is 25.2 Å². The normalized spacial score (nSPS) is 12.6. The van der Waals surface area contributed by atoms with E-state index in [1.165, 1.54) is 18.5 Å². The first-order chi connectivity index (χ1) is 12.9. The van der Waals surface area contributed by atoms with E-state index >= 15 is 0 Å². The van der Waals surface area contributed by atoms with Crippen LogP contribution in [0.3, 0.4) is 0 Å². The lowest BCUT2D eigenvalue weighted by atomic mass is 10.1. The van der Waals surface area contributed by atoms with E-state index in [2.05, 4.69) is 15.4 Å². The van der Waals surface area contributed by atoms with Gasteiger partial charge in [-0.05, 0) is 23.3 Å². The SMILES string of the molecule is O=C(Cc1ccc(C(F)(F)F)cc1)N[C@@H](Cn1cncn1)c1ccccc1. The zero-order chi connectivity index (χ0) is 19.3. The number of alkyl halides is 3. The highest BCUT2D eigenvalue weighted by Crippen LogP contribution is 2.29. The second-order valence-electron chi connectivity index (χ2n) is 6.02. The van der Waals surface area contributed by atoms with Crippen molar-refractivity contribution >= 4 is 5.91 Å². The van der Waals surface area contributed by atoms with Crippen LogP contribution in [0.2, 0.25) is 0 Å². The average Bonchev–Trinajstić information content (AvgIpc) is 3.15. The lowest BCUT2D eigenvalue weighted by molar-refractivity contribution is -0.137. The van der Waals surface area contributed by atoms with E-state index in [0.29, 0.717) is 12.1 Å². The third-order valence-corrected chi connectivity index (χ3v) is 4.02. The Morgan fingerprint density at radius 3 is 2.37 bits per heavy atom. The maximum Gasteiger partial charge on any atom is 0.416 e. The van der Waals surface area contributed by atoms with Crippen molar-refractivity contribution < 1.29 is 18.0 Å². The second-order valence-corrected chi connectivity index (χ2v) is 6.02. The van der Waals surface area contributed by atoms with E-state index in [0.717, 1.165) is 17.7 Å². The number of carbonyl (C=O) groups is 1. The molecule has 0 saturated carbocycles. The van der Waals surface area contributed by atoms with Crippen LogP contribution in [0.1, 0.15) is 22.7 Å². The molecular weight excluding hydrogens is 357 g/mol. The molecule has 0 aliphatic carbocycles. The van der Waals surface area contributed by atoms with Crippen LogP contribution in [0.5, 0.6) is 0 Å². The van der Waals surface area contributed by atoms with E-state index < -0.39 is 11.7 Å². The predicted molar refractivity (Wildman–Crippen MR) is 92.5 cm³/mol. The van der Waals surface area contributed by atoms with Gasteiger partial charge in [0.15, 0.2) is 0 Å². The van der Waals surface area contributed by atoms with Crippen molar-refractivity contribution in [2.75, 3.05) is 0 Å². The molecule has 5 nitrogen and oxygen atoms in total. The minimum Gasteiger partial charge on any atom is -0.347 e. The van der Waals surface area contributed by atoms with Gasteiger partial charge in [-0.25, -0.2) is 4.98 Å². The lowest BCUT2D eigenvalue weighted by Gasteiger charge is -2.19. The summed E-state index contributed by atoms with van der Waals surface area (Å²) < 4.78 is 39.5. The van der Waals surface area contributed by atoms with Gasteiger partial charge >= 0.3 is 6.18 Å². The first kappa shape index (κ1) is 18.6. The van der Waals surface area contributed by atoms with Crippen molar-refractivity contribution in [3.8, 4) is 0 Å². The maximum atomic E-state index is 12.6. The van der Waals surface area contributed by atoms with Crippen LogP contribution < -0.4 is 5.32 Å². The number of carbonyl (C=O) groups excluding carboxylic acids is 1. The van der Waals surface area contributed by atoms with Crippen molar-refractivity contribution in [3.63, 3.8) is 0 Å². The first-order valence-corrected chi connectivity index (χ1v) is 8.24. The molecule has 1 atom stereocenters. The number of amides is 1. The molecule has 8 heteroatoms. The average molecular weight is 374 g/mol. The lowest BCUT2D eigenvalue weighted by Crippen LogP contribution is -2.32. The molecule has 0 saturated heterocycles. The predicted octanol–water partition coefficient (Wildman–Crippen LogP) is 3.40. The highest BCUT2D eigenvalue weighted by Gasteiger charge is 2.30. The molecule has 1 aromatic heterocycles. The summed E-state index contributed by atoms with van der Waals surface area (Å²) in [4.78, 5) is 16.3. The minimum atomic E-state index is -4.39. The van der Waals surface area contributed by atoms with Crippen molar-refractivity contribution in [1.29, 1.82) is 0 Å². The number of nitrogens with one attached hydrogen (secondary N) is 1. The van der Waals surface area contributed by atoms with Crippen LogP contribution in [0.25, 0.3) is 0 Å². The van der Waals surface area contributed by atoms with Crippen LogP contribution in [0, 0.1) is 0 Å². The largest absolute Gasteiger partial charge is 0.416 e. The first-order valence-electron chi connectivity index (χ1n) is 8.24. The summed E-state index contributed by atoms with van der Waals surface area (Å²) in [5.41, 5.74) is 0.668. The quantitative estimate of drug-likeness (QED) is 0.719. The second kappa shape index (κ2) is 8.03. The summed E-state index contributed by atoms with van der Waals surface area (Å²) in [5, 5.41) is 6.97. The number of nitrogens with zero attached hydrogens (tertiary/aromatic N) is 3. The molecular formula is C19H17F3N4O. The third-order valence-electron chi connectivity index (χ3n) is 4.02. The smallest absolute Gasteiger partial charge is 0.347 e. The Kier molecular flexibility index (Phi) is 5.54. The van der Waals surface area contributed by atoms with Gasteiger partial charge in [-0.15, -0.1) is 0 Å². The monoisotopic (exact) mass is 374 g/mol. The highest BCUT2D eigenvalue weighted by atomic mass is 19.4. The Balaban J connectivity index is 1.69. The van der Waals surface area contributed by atoms with Gasteiger partial charge in [0.25, 0.3) is 0 Å². The van der Waals surface area contributed by atoms with Gasteiger partial charge < -0.3 is 5.32 Å². The molecule has 2 aromatic carbocycles. The van der Waals surface area contributed by atoms with Crippen LogP contribution >= 0.6 is 0 Å². The summed E-state index contributed by atoms with van der Waals surface area (Å²) in [6, 6.07) is 13.6. The summed E-state index contributed by atoms with van der Waals surface area (Å²) in [6.07, 6.45) is -1.44. The van der Waals surface area contributed by atoms with Crippen LogP contribution in [0.15, 0.2) is 67.3 Å². The third kappa shape index (κ3) is 5.16. The number of rotatable bonds is 6. The fraction of sp³-hybridized carbons (Fsp3) is 0.211. The van der Waals surface area contributed by atoms with Gasteiger partial charge in [0.1, 0.15) is 12.7 Å². The Bertz CT molecular complexity index is 862. The number of benzene rings is 2. The molecule has 1 amide bonds. The number of aromatic nitrogens is 3. The Morgan fingerprint density at radius 2 is 1.78 bits per heavy atom. The molecule has 0 fully saturated rings. The van der Waals surface area contributed by atoms with Gasteiger partial charge in [0.05, 0.1) is 24.6 Å². The topological polar surface area (TPSA) is 59.8 Å². The maximum absolute atomic E-state index is 12.6. The van der Waals surface area contributed by atoms with Crippen molar-refractivity contribution in [1.82, 2.24) is 20.1 Å². The van der Waals surface area contributed by atoms with Crippen LogP contribution in [-0.4, -0.2) is 20.7 Å². The van der Waals surface area contributed by atoms with Gasteiger partial charge in [-0.1, -0.05) is 42.5 Å². The number of halogens is 3. The Morgan fingerprint density at radius 1 is 1.07 bits per heavy atom. The highest BCUT2D eigenvalue weighted by molar-refractivity contribution is 5.79. The molecule has 0 radical (unpaired) electrons. The molecule has 0 spiro atoms. The molecule has 3 rings (SSSR count). The molecule has 140 valence electrons. The zero-order valence-electron chi connectivity index (χ0n) is 14.2. The molecule has 1 heterocycles. The van der Waals surface area contributed by atoms with Crippen molar-refractivity contribution in [2.24, 2.45) is 0 Å². The molecule has 0 unspecified atom stereocenters. The number of hydrogen-bond acceptors (Lipinski definition) is 3. The fourth-order valence-electron chi connectivity index (χ4n) is 2.68. The molecule has 1 N–H and O–H groups in total. The molecule has 0 aliphatic heterocycles. The zero-order valence-corrected chi connectivity index (χ0v) is 14.2. The van der Waals surface area contributed by atoms with Gasteiger partial charge in [-0.2, -0.15) is 18.3 Å². The van der Waals surface area contributed by atoms with Crippen molar-refractivity contribution in [3.05, 3.63) is 83.9 Å². The van der Waals surface area contributed by atoms with Crippen LogP contribution in [-0.2, 0) is 23.9 Å². The summed E-state index contributed by atoms with van der Waals surface area (Å²) in [6.45, 7) is 0.392. The Labute approximate surface area is 153 Å². The van der Waals surface area contributed by atoms with Gasteiger partial charge in [0, 0.05) is 0 Å². The molecule has 0 aliphatic rings. The minimum absolute atomic E-state index is 0.0151.